The Bertz CT molecular complexity index is 1020. The molecule has 27 heavy (non-hydrogen) atoms. The topological polar surface area (TPSA) is 41.2 Å². The standard InChI is InChI=1S/C23H23N3O/c1-3-26(16-17-7-5-4-6-8-17)19-11-9-18(10-12-19)23-24-21-14-13-20(27-2)15-22(21)25-23/h4-15H,3,16H2,1-2H3,(H,24,25). The Morgan fingerprint density at radius 1 is 0.963 bits per heavy atom. The van der Waals surface area contributed by atoms with Crippen LogP contribution in [0, 0.1) is 0 Å². The highest BCUT2D eigenvalue weighted by Crippen LogP contribution is 2.26. The molecular weight excluding hydrogens is 334 g/mol. The Balaban J connectivity index is 1.57. The molecule has 4 rings (SSSR count). The number of rotatable bonds is 6. The number of H-pyrrole nitrogens is 1. The lowest BCUT2D eigenvalue weighted by Crippen LogP contribution is -2.21. The Morgan fingerprint density at radius 3 is 2.44 bits per heavy atom. The van der Waals surface area contributed by atoms with Gasteiger partial charge in [0.05, 0.1) is 18.1 Å². The fourth-order valence-corrected chi connectivity index (χ4v) is 3.27. The van der Waals surface area contributed by atoms with E-state index >= 15 is 0 Å². The lowest BCUT2D eigenvalue weighted by Gasteiger charge is -2.23. The van der Waals surface area contributed by atoms with Gasteiger partial charge in [-0.1, -0.05) is 30.3 Å². The number of anilines is 1. The number of fused-ring (bicyclic) bond motifs is 1. The maximum absolute atomic E-state index is 5.29. The molecule has 1 heterocycles. The molecule has 0 atom stereocenters. The van der Waals surface area contributed by atoms with Gasteiger partial charge in [0.25, 0.3) is 0 Å². The average Bonchev–Trinajstić information content (AvgIpc) is 3.16. The quantitative estimate of drug-likeness (QED) is 0.511. The summed E-state index contributed by atoms with van der Waals surface area (Å²) in [5.41, 5.74) is 5.52. The normalized spacial score (nSPS) is 10.9. The number of benzene rings is 3. The highest BCUT2D eigenvalue weighted by atomic mass is 16.5. The maximum Gasteiger partial charge on any atom is 0.138 e. The minimum absolute atomic E-state index is 0.826. The van der Waals surface area contributed by atoms with Crippen molar-refractivity contribution in [1.29, 1.82) is 0 Å². The number of hydrogen-bond donors (Lipinski definition) is 1. The summed E-state index contributed by atoms with van der Waals surface area (Å²) in [4.78, 5) is 10.4. The third-order valence-electron chi connectivity index (χ3n) is 4.79. The van der Waals surface area contributed by atoms with Crippen molar-refractivity contribution in [3.05, 3.63) is 78.4 Å². The van der Waals surface area contributed by atoms with E-state index < -0.39 is 0 Å². The highest BCUT2D eigenvalue weighted by molar-refractivity contribution is 5.81. The molecule has 0 fully saturated rings. The Labute approximate surface area is 159 Å². The monoisotopic (exact) mass is 357 g/mol. The second kappa shape index (κ2) is 7.54. The molecule has 136 valence electrons. The van der Waals surface area contributed by atoms with Crippen LogP contribution >= 0.6 is 0 Å². The average molecular weight is 357 g/mol. The van der Waals surface area contributed by atoms with E-state index in [2.05, 4.69) is 71.4 Å². The molecule has 3 aromatic carbocycles. The zero-order valence-electron chi connectivity index (χ0n) is 15.6. The summed E-state index contributed by atoms with van der Waals surface area (Å²) in [7, 11) is 1.67. The minimum atomic E-state index is 0.826. The van der Waals surface area contributed by atoms with Gasteiger partial charge in [0, 0.05) is 30.4 Å². The molecule has 4 aromatic rings. The number of hydrogen-bond acceptors (Lipinski definition) is 3. The van der Waals surface area contributed by atoms with Gasteiger partial charge in [-0.05, 0) is 48.9 Å². The molecule has 0 aliphatic heterocycles. The lowest BCUT2D eigenvalue weighted by molar-refractivity contribution is 0.415. The van der Waals surface area contributed by atoms with Crippen LogP contribution in [0.4, 0.5) is 5.69 Å². The van der Waals surface area contributed by atoms with Crippen molar-refractivity contribution in [2.24, 2.45) is 0 Å². The number of methoxy groups -OCH3 is 1. The number of aromatic nitrogens is 2. The molecule has 1 aromatic heterocycles. The van der Waals surface area contributed by atoms with Crippen molar-refractivity contribution in [3.63, 3.8) is 0 Å². The van der Waals surface area contributed by atoms with Crippen LogP contribution in [0.3, 0.4) is 0 Å². The van der Waals surface area contributed by atoms with Crippen molar-refractivity contribution >= 4 is 16.7 Å². The smallest absolute Gasteiger partial charge is 0.138 e. The van der Waals surface area contributed by atoms with Crippen LogP contribution in [0.15, 0.2) is 72.8 Å². The third-order valence-corrected chi connectivity index (χ3v) is 4.79. The number of imidazole rings is 1. The molecule has 0 saturated carbocycles. The summed E-state index contributed by atoms with van der Waals surface area (Å²) >= 11 is 0. The van der Waals surface area contributed by atoms with Crippen molar-refractivity contribution in [2.45, 2.75) is 13.5 Å². The first kappa shape index (κ1) is 17.2. The second-order valence-corrected chi connectivity index (χ2v) is 6.52. The van der Waals surface area contributed by atoms with E-state index in [1.807, 2.05) is 18.2 Å². The van der Waals surface area contributed by atoms with Crippen LogP contribution in [0.25, 0.3) is 22.4 Å². The molecular formula is C23H23N3O. The van der Waals surface area contributed by atoms with E-state index in [-0.39, 0.29) is 0 Å². The number of nitrogens with one attached hydrogen (secondary N) is 1. The summed E-state index contributed by atoms with van der Waals surface area (Å²) in [6.07, 6.45) is 0. The Morgan fingerprint density at radius 2 is 1.74 bits per heavy atom. The molecule has 0 radical (unpaired) electrons. The number of aromatic amines is 1. The van der Waals surface area contributed by atoms with Crippen LogP contribution < -0.4 is 9.64 Å². The van der Waals surface area contributed by atoms with E-state index in [9.17, 15) is 0 Å². The van der Waals surface area contributed by atoms with Gasteiger partial charge in [0.15, 0.2) is 0 Å². The van der Waals surface area contributed by atoms with Crippen molar-refractivity contribution in [2.75, 3.05) is 18.6 Å². The second-order valence-electron chi connectivity index (χ2n) is 6.52. The summed E-state index contributed by atoms with van der Waals surface area (Å²) < 4.78 is 5.29. The molecule has 0 amide bonds. The van der Waals surface area contributed by atoms with Crippen molar-refractivity contribution in [3.8, 4) is 17.1 Å². The van der Waals surface area contributed by atoms with Gasteiger partial charge >= 0.3 is 0 Å². The van der Waals surface area contributed by atoms with Crippen LogP contribution in [-0.4, -0.2) is 23.6 Å². The van der Waals surface area contributed by atoms with Gasteiger partial charge in [-0.15, -0.1) is 0 Å². The van der Waals surface area contributed by atoms with E-state index in [0.29, 0.717) is 0 Å². The number of nitrogens with zero attached hydrogens (tertiary/aromatic N) is 2. The first-order valence-corrected chi connectivity index (χ1v) is 9.20. The molecule has 0 saturated heterocycles. The SMILES string of the molecule is CCN(Cc1ccccc1)c1ccc(-c2nc3ccc(OC)cc3[nH]2)cc1. The number of ether oxygens (including phenoxy) is 1. The van der Waals surface area contributed by atoms with Crippen LogP contribution in [-0.2, 0) is 6.54 Å². The van der Waals surface area contributed by atoms with E-state index in [4.69, 9.17) is 9.72 Å². The van der Waals surface area contributed by atoms with Crippen molar-refractivity contribution < 1.29 is 4.74 Å². The van der Waals surface area contributed by atoms with Crippen molar-refractivity contribution in [1.82, 2.24) is 9.97 Å². The van der Waals surface area contributed by atoms with Gasteiger partial charge in [0.1, 0.15) is 11.6 Å². The van der Waals surface area contributed by atoms with Crippen LogP contribution in [0.2, 0.25) is 0 Å². The molecule has 0 unspecified atom stereocenters. The molecule has 0 aliphatic rings. The molecule has 1 N–H and O–H groups in total. The Kier molecular flexibility index (Phi) is 4.79. The largest absolute Gasteiger partial charge is 0.497 e. The zero-order valence-corrected chi connectivity index (χ0v) is 15.6. The maximum atomic E-state index is 5.29. The van der Waals surface area contributed by atoms with Gasteiger partial charge in [-0.2, -0.15) is 0 Å². The zero-order chi connectivity index (χ0) is 18.6. The third kappa shape index (κ3) is 3.65. The molecule has 0 aliphatic carbocycles. The molecule has 4 heteroatoms. The predicted octanol–water partition coefficient (Wildman–Crippen LogP) is 5.27. The van der Waals surface area contributed by atoms with Crippen LogP contribution in [0.5, 0.6) is 5.75 Å². The summed E-state index contributed by atoms with van der Waals surface area (Å²) in [5, 5.41) is 0. The van der Waals surface area contributed by atoms with E-state index in [1.54, 1.807) is 7.11 Å². The molecule has 4 nitrogen and oxygen atoms in total. The van der Waals surface area contributed by atoms with Gasteiger partial charge in [-0.25, -0.2) is 4.98 Å². The lowest BCUT2D eigenvalue weighted by atomic mass is 10.1. The molecule has 0 bridgehead atoms. The fourth-order valence-electron chi connectivity index (χ4n) is 3.27. The summed E-state index contributed by atoms with van der Waals surface area (Å²) in [6.45, 7) is 4.04. The van der Waals surface area contributed by atoms with E-state index in [0.717, 1.165) is 41.3 Å². The summed E-state index contributed by atoms with van der Waals surface area (Å²) in [6, 6.07) is 25.0. The predicted molar refractivity (Wildman–Crippen MR) is 111 cm³/mol. The first-order valence-electron chi connectivity index (χ1n) is 9.20. The first-order chi connectivity index (χ1) is 13.3. The van der Waals surface area contributed by atoms with Gasteiger partial charge in [0.2, 0.25) is 0 Å². The van der Waals surface area contributed by atoms with Gasteiger partial charge < -0.3 is 14.6 Å². The van der Waals surface area contributed by atoms with Crippen LogP contribution in [0.1, 0.15) is 12.5 Å². The minimum Gasteiger partial charge on any atom is -0.497 e. The highest BCUT2D eigenvalue weighted by Gasteiger charge is 2.09. The fraction of sp³-hybridized carbons (Fsp3) is 0.174. The summed E-state index contributed by atoms with van der Waals surface area (Å²) in [5.74, 6) is 1.70. The Hall–Kier alpha value is -3.27. The molecule has 0 spiro atoms. The van der Waals surface area contributed by atoms with E-state index in [1.165, 1.54) is 11.3 Å². The van der Waals surface area contributed by atoms with Gasteiger partial charge in [-0.3, -0.25) is 0 Å².